The van der Waals surface area contributed by atoms with Gasteiger partial charge in [-0.15, -0.1) is 0 Å². The number of anilines is 1. The highest BCUT2D eigenvalue weighted by Gasteiger charge is 2.06. The van der Waals surface area contributed by atoms with Gasteiger partial charge in [0.2, 0.25) is 11.9 Å². The summed E-state index contributed by atoms with van der Waals surface area (Å²) in [6, 6.07) is 0. The minimum atomic E-state index is -0.426. The monoisotopic (exact) mass is 219 g/mol. The van der Waals surface area contributed by atoms with Crippen LogP contribution in [0, 0.1) is 0 Å². The average molecular weight is 219 g/mol. The van der Waals surface area contributed by atoms with Gasteiger partial charge in [0.15, 0.2) is 11.2 Å². The van der Waals surface area contributed by atoms with Gasteiger partial charge in [-0.05, 0) is 0 Å². The molecule has 2 N–H and O–H groups in total. The number of H-pyrrole nitrogens is 1. The smallest absolute Gasteiger partial charge is 0.280 e. The van der Waals surface area contributed by atoms with Crippen molar-refractivity contribution in [1.82, 2.24) is 19.9 Å². The molecule has 1 amide bonds. The zero-order valence-electron chi connectivity index (χ0n) is 8.52. The molecule has 0 aliphatic rings. The van der Waals surface area contributed by atoms with Crippen molar-refractivity contribution in [2.75, 3.05) is 5.32 Å². The fourth-order valence-corrected chi connectivity index (χ4v) is 1.15. The van der Waals surface area contributed by atoms with Gasteiger partial charge in [0.05, 0.1) is 0 Å². The first kappa shape index (κ1) is 10.2. The summed E-state index contributed by atoms with van der Waals surface area (Å²) >= 11 is 0. The normalized spacial score (nSPS) is 10.3. The van der Waals surface area contributed by atoms with Gasteiger partial charge in [-0.2, -0.15) is 4.98 Å². The molecule has 0 aliphatic heterocycles. The second-order valence-corrected chi connectivity index (χ2v) is 3.04. The van der Waals surface area contributed by atoms with Crippen LogP contribution in [-0.2, 0) is 4.79 Å². The molecule has 82 valence electrons. The highest BCUT2D eigenvalue weighted by molar-refractivity contribution is 5.89. The summed E-state index contributed by atoms with van der Waals surface area (Å²) in [4.78, 5) is 36.7. The Kier molecular flexibility index (Phi) is 2.59. The zero-order valence-corrected chi connectivity index (χ0v) is 8.52. The summed E-state index contributed by atoms with van der Waals surface area (Å²) in [5.41, 5.74) is -0.0702. The van der Waals surface area contributed by atoms with E-state index in [2.05, 4.69) is 25.3 Å². The number of fused-ring (bicyclic) bond motifs is 1. The standard InChI is InChI=1S/C9H9N5O2/c1-2-5(15)12-9-13-7-6(8(16)14-9)10-3-4-11-7/h3-4H,2H2,1H3,(H2,11,12,13,14,15,16). The summed E-state index contributed by atoms with van der Waals surface area (Å²) in [5, 5.41) is 2.45. The first-order valence-electron chi connectivity index (χ1n) is 4.71. The molecule has 0 saturated heterocycles. The predicted octanol–water partition coefficient (Wildman–Crippen LogP) is 0.0616. The number of aromatic amines is 1. The molecule has 2 aromatic heterocycles. The Bertz CT molecular complexity index is 592. The van der Waals surface area contributed by atoms with Crippen molar-refractivity contribution in [2.45, 2.75) is 13.3 Å². The lowest BCUT2D eigenvalue weighted by atomic mass is 10.4. The molecule has 0 atom stereocenters. The van der Waals surface area contributed by atoms with E-state index < -0.39 is 5.56 Å². The van der Waals surface area contributed by atoms with E-state index in [9.17, 15) is 9.59 Å². The molecular formula is C9H9N5O2. The zero-order chi connectivity index (χ0) is 11.5. The minimum Gasteiger partial charge on any atom is -0.296 e. The number of aromatic nitrogens is 4. The minimum absolute atomic E-state index is 0.0878. The van der Waals surface area contributed by atoms with Gasteiger partial charge in [-0.3, -0.25) is 19.9 Å². The first-order chi connectivity index (χ1) is 7.70. The number of rotatable bonds is 2. The van der Waals surface area contributed by atoms with Crippen LogP contribution in [0.1, 0.15) is 13.3 Å². The van der Waals surface area contributed by atoms with Gasteiger partial charge >= 0.3 is 0 Å². The lowest BCUT2D eigenvalue weighted by molar-refractivity contribution is -0.115. The van der Waals surface area contributed by atoms with Crippen molar-refractivity contribution < 1.29 is 4.79 Å². The van der Waals surface area contributed by atoms with Crippen molar-refractivity contribution in [3.63, 3.8) is 0 Å². The Morgan fingerprint density at radius 1 is 1.44 bits per heavy atom. The van der Waals surface area contributed by atoms with Gasteiger partial charge < -0.3 is 0 Å². The molecule has 16 heavy (non-hydrogen) atoms. The number of amides is 1. The Morgan fingerprint density at radius 3 is 2.94 bits per heavy atom. The Morgan fingerprint density at radius 2 is 2.19 bits per heavy atom. The number of carbonyl (C=O) groups excluding carboxylic acids is 1. The van der Waals surface area contributed by atoms with E-state index in [4.69, 9.17) is 0 Å². The Balaban J connectivity index is 2.50. The third-order valence-corrected chi connectivity index (χ3v) is 1.92. The summed E-state index contributed by atoms with van der Waals surface area (Å²) in [5.74, 6) is -0.142. The molecular weight excluding hydrogens is 210 g/mol. The van der Waals surface area contributed by atoms with Crippen LogP contribution >= 0.6 is 0 Å². The average Bonchev–Trinajstić information content (AvgIpc) is 2.29. The van der Waals surface area contributed by atoms with Crippen LogP contribution in [0.2, 0.25) is 0 Å². The summed E-state index contributed by atoms with van der Waals surface area (Å²) in [7, 11) is 0. The van der Waals surface area contributed by atoms with E-state index in [1.54, 1.807) is 6.92 Å². The van der Waals surface area contributed by atoms with E-state index >= 15 is 0 Å². The predicted molar refractivity (Wildman–Crippen MR) is 56.9 cm³/mol. The summed E-state index contributed by atoms with van der Waals surface area (Å²) in [6.45, 7) is 1.70. The molecule has 0 aromatic carbocycles. The van der Waals surface area contributed by atoms with E-state index in [0.29, 0.717) is 6.42 Å². The van der Waals surface area contributed by atoms with E-state index in [1.165, 1.54) is 12.4 Å². The molecule has 2 heterocycles. The van der Waals surface area contributed by atoms with Crippen LogP contribution in [-0.4, -0.2) is 25.8 Å². The molecule has 0 spiro atoms. The fourth-order valence-electron chi connectivity index (χ4n) is 1.15. The van der Waals surface area contributed by atoms with Crippen LogP contribution in [0.25, 0.3) is 11.2 Å². The third-order valence-electron chi connectivity index (χ3n) is 1.92. The van der Waals surface area contributed by atoms with Crippen LogP contribution < -0.4 is 10.9 Å². The molecule has 2 rings (SSSR count). The number of nitrogens with one attached hydrogen (secondary N) is 2. The molecule has 7 heteroatoms. The van der Waals surface area contributed by atoms with Crippen molar-refractivity contribution in [1.29, 1.82) is 0 Å². The quantitative estimate of drug-likeness (QED) is 0.743. The highest BCUT2D eigenvalue weighted by atomic mass is 16.2. The number of nitrogens with zero attached hydrogens (tertiary/aromatic N) is 3. The third kappa shape index (κ3) is 1.88. The van der Waals surface area contributed by atoms with Crippen molar-refractivity contribution in [3.05, 3.63) is 22.7 Å². The molecule has 0 bridgehead atoms. The summed E-state index contributed by atoms with van der Waals surface area (Å²) < 4.78 is 0. The SMILES string of the molecule is CCC(=O)Nc1nc2nccnc2c(=O)[nH]1. The lowest BCUT2D eigenvalue weighted by Crippen LogP contribution is -2.18. The summed E-state index contributed by atoms with van der Waals surface area (Å²) in [6.07, 6.45) is 3.14. The maximum Gasteiger partial charge on any atom is 0.280 e. The van der Waals surface area contributed by atoms with Crippen molar-refractivity contribution in [3.8, 4) is 0 Å². The van der Waals surface area contributed by atoms with Crippen LogP contribution in [0.3, 0.4) is 0 Å². The maximum atomic E-state index is 11.5. The van der Waals surface area contributed by atoms with Crippen molar-refractivity contribution in [2.24, 2.45) is 0 Å². The molecule has 0 fully saturated rings. The van der Waals surface area contributed by atoms with Crippen LogP contribution in [0.5, 0.6) is 0 Å². The molecule has 0 aliphatic carbocycles. The topological polar surface area (TPSA) is 101 Å². The molecule has 7 nitrogen and oxygen atoms in total. The number of hydrogen-bond acceptors (Lipinski definition) is 5. The highest BCUT2D eigenvalue weighted by Crippen LogP contribution is 2.02. The second kappa shape index (κ2) is 4.05. The van der Waals surface area contributed by atoms with Gasteiger partial charge in [-0.25, -0.2) is 9.97 Å². The van der Waals surface area contributed by atoms with E-state index in [1.807, 2.05) is 0 Å². The van der Waals surface area contributed by atoms with Crippen molar-refractivity contribution >= 4 is 23.0 Å². The maximum absolute atomic E-state index is 11.5. The molecule has 0 unspecified atom stereocenters. The van der Waals surface area contributed by atoms with Crippen LogP contribution in [0.4, 0.5) is 5.95 Å². The van der Waals surface area contributed by atoms with Gasteiger partial charge in [-0.1, -0.05) is 6.92 Å². The molecule has 0 saturated carbocycles. The Labute approximate surface area is 90.0 Å². The van der Waals surface area contributed by atoms with E-state index in [-0.39, 0.29) is 23.0 Å². The molecule has 0 radical (unpaired) electrons. The van der Waals surface area contributed by atoms with Gasteiger partial charge in [0, 0.05) is 18.8 Å². The number of carbonyl (C=O) groups is 1. The van der Waals surface area contributed by atoms with Gasteiger partial charge in [0.25, 0.3) is 5.56 Å². The molecule has 2 aromatic rings. The second-order valence-electron chi connectivity index (χ2n) is 3.04. The first-order valence-corrected chi connectivity index (χ1v) is 4.71. The Hall–Kier alpha value is -2.31. The van der Waals surface area contributed by atoms with Crippen LogP contribution in [0.15, 0.2) is 17.2 Å². The fraction of sp³-hybridized carbons (Fsp3) is 0.222. The van der Waals surface area contributed by atoms with E-state index in [0.717, 1.165) is 0 Å². The number of hydrogen-bond donors (Lipinski definition) is 2. The largest absolute Gasteiger partial charge is 0.296 e. The lowest BCUT2D eigenvalue weighted by Gasteiger charge is -2.02. The van der Waals surface area contributed by atoms with Gasteiger partial charge in [0.1, 0.15) is 0 Å².